The van der Waals surface area contributed by atoms with E-state index in [-0.39, 0.29) is 17.9 Å². The molecule has 3 amide bonds. The van der Waals surface area contributed by atoms with Crippen molar-refractivity contribution in [3.63, 3.8) is 0 Å². The standard InChI is InChI=1S/C29H21ClN4O7S2/c1-41-20-5-3-2-4-19(20)22-23-24(27(37)33(26(23)36)17-10-12-18(13-11-17)34(39)40)42-28-25(22)43-29(38)32(28)14-21(35)31-16-8-6-15(30)7-9-16/h2-13,22-24H,14H2,1H3,(H,31,35)/t22-,23?,24?/m1/s1. The molecule has 0 spiro atoms. The van der Waals surface area contributed by atoms with Crippen LogP contribution < -0.4 is 19.8 Å². The van der Waals surface area contributed by atoms with E-state index in [0.717, 1.165) is 28.0 Å². The number of hydrogen-bond donors (Lipinski definition) is 1. The lowest BCUT2D eigenvalue weighted by Gasteiger charge is -2.31. The third kappa shape index (κ3) is 5.09. The van der Waals surface area contributed by atoms with Crippen LogP contribution in [0.5, 0.6) is 5.75 Å². The number of nitro benzene ring substituents is 1. The predicted octanol–water partition coefficient (Wildman–Crippen LogP) is 4.91. The van der Waals surface area contributed by atoms with E-state index < -0.39 is 44.6 Å². The highest BCUT2D eigenvalue weighted by Gasteiger charge is 2.57. The molecule has 2 unspecified atom stereocenters. The average molecular weight is 637 g/mol. The Hall–Kier alpha value is -4.46. The summed E-state index contributed by atoms with van der Waals surface area (Å²) < 4.78 is 6.93. The van der Waals surface area contributed by atoms with Gasteiger partial charge < -0.3 is 10.1 Å². The van der Waals surface area contributed by atoms with Gasteiger partial charge in [-0.25, -0.2) is 4.90 Å². The number of methoxy groups -OCH3 is 1. The van der Waals surface area contributed by atoms with Crippen LogP contribution in [0.25, 0.3) is 0 Å². The number of nitrogens with zero attached hydrogens (tertiary/aromatic N) is 3. The Morgan fingerprint density at radius 3 is 2.40 bits per heavy atom. The number of rotatable bonds is 7. The van der Waals surface area contributed by atoms with Crippen molar-refractivity contribution in [2.45, 2.75) is 22.7 Å². The molecule has 14 heteroatoms. The van der Waals surface area contributed by atoms with Crippen molar-refractivity contribution in [1.82, 2.24) is 4.57 Å². The number of thiazole rings is 1. The number of hydrogen-bond acceptors (Lipinski definition) is 9. The van der Waals surface area contributed by atoms with Gasteiger partial charge in [-0.2, -0.15) is 0 Å². The zero-order valence-electron chi connectivity index (χ0n) is 22.3. The van der Waals surface area contributed by atoms with Gasteiger partial charge in [0.1, 0.15) is 17.5 Å². The van der Waals surface area contributed by atoms with Crippen molar-refractivity contribution < 1.29 is 24.0 Å². The van der Waals surface area contributed by atoms with Gasteiger partial charge in [-0.05, 0) is 42.5 Å². The Morgan fingerprint density at radius 1 is 1.02 bits per heavy atom. The molecule has 4 aromatic rings. The van der Waals surface area contributed by atoms with Crippen molar-refractivity contribution in [2.24, 2.45) is 5.92 Å². The molecule has 1 aromatic heterocycles. The molecule has 11 nitrogen and oxygen atoms in total. The largest absolute Gasteiger partial charge is 0.496 e. The van der Waals surface area contributed by atoms with E-state index in [0.29, 0.717) is 31.9 Å². The van der Waals surface area contributed by atoms with Gasteiger partial charge in [0.15, 0.2) is 0 Å². The highest BCUT2D eigenvalue weighted by molar-refractivity contribution is 8.00. The minimum absolute atomic E-state index is 0.176. The van der Waals surface area contributed by atoms with Gasteiger partial charge in [-0.15, -0.1) is 0 Å². The zero-order chi connectivity index (χ0) is 30.4. The summed E-state index contributed by atoms with van der Waals surface area (Å²) in [5.74, 6) is -2.61. The van der Waals surface area contributed by atoms with E-state index in [9.17, 15) is 29.3 Å². The topological polar surface area (TPSA) is 141 Å². The van der Waals surface area contributed by atoms with E-state index >= 15 is 0 Å². The number of benzene rings is 3. The Kier molecular flexibility index (Phi) is 7.54. The molecule has 218 valence electrons. The SMILES string of the molecule is COc1ccccc1[C@H]1c2sc(=O)n(CC(=O)Nc3ccc(Cl)cc3)c2SC2C(=O)N(c3ccc([N+](=O)[O-])cc3)C(=O)C21. The first kappa shape index (κ1) is 28.6. The molecule has 1 fully saturated rings. The van der Waals surface area contributed by atoms with Crippen LogP contribution in [0, 0.1) is 16.0 Å². The molecule has 2 aliphatic rings. The summed E-state index contributed by atoms with van der Waals surface area (Å²) in [7, 11) is 1.49. The number of nitro groups is 1. The van der Waals surface area contributed by atoms with E-state index in [1.54, 1.807) is 48.5 Å². The molecule has 0 radical (unpaired) electrons. The minimum Gasteiger partial charge on any atom is -0.496 e. The summed E-state index contributed by atoms with van der Waals surface area (Å²) in [6, 6.07) is 18.8. The maximum Gasteiger partial charge on any atom is 0.308 e. The molecule has 3 aromatic carbocycles. The summed E-state index contributed by atoms with van der Waals surface area (Å²) >= 11 is 7.92. The molecule has 0 aliphatic carbocycles. The van der Waals surface area contributed by atoms with Crippen LogP contribution in [0.15, 0.2) is 82.6 Å². The summed E-state index contributed by atoms with van der Waals surface area (Å²) in [6.07, 6.45) is 0. The quantitative estimate of drug-likeness (QED) is 0.171. The first-order chi connectivity index (χ1) is 20.7. The number of amides is 3. The van der Waals surface area contributed by atoms with Crippen LogP contribution >= 0.6 is 34.7 Å². The molecule has 1 N–H and O–H groups in total. The van der Waals surface area contributed by atoms with Crippen molar-refractivity contribution in [2.75, 3.05) is 17.3 Å². The van der Waals surface area contributed by atoms with E-state index in [2.05, 4.69) is 5.32 Å². The predicted molar refractivity (Wildman–Crippen MR) is 162 cm³/mol. The average Bonchev–Trinajstić information content (AvgIpc) is 3.44. The number of thioether (sulfide) groups is 1. The molecule has 2 aliphatic heterocycles. The summed E-state index contributed by atoms with van der Waals surface area (Å²) in [5.41, 5.74) is 1.15. The summed E-state index contributed by atoms with van der Waals surface area (Å²) in [6.45, 7) is -0.315. The van der Waals surface area contributed by atoms with Gasteiger partial charge in [0.05, 0.1) is 28.7 Å². The number of para-hydroxylation sites is 1. The van der Waals surface area contributed by atoms with E-state index in [1.807, 2.05) is 0 Å². The first-order valence-corrected chi connectivity index (χ1v) is 15.0. The third-order valence-electron chi connectivity index (χ3n) is 7.27. The number of halogens is 1. The normalized spacial score (nSPS) is 19.1. The zero-order valence-corrected chi connectivity index (χ0v) is 24.7. The van der Waals surface area contributed by atoms with Crippen LogP contribution in [0.1, 0.15) is 16.4 Å². The minimum atomic E-state index is -0.926. The number of anilines is 2. The maximum atomic E-state index is 14.0. The lowest BCUT2D eigenvalue weighted by atomic mass is 9.82. The lowest BCUT2D eigenvalue weighted by Crippen LogP contribution is -2.33. The molecular weight excluding hydrogens is 616 g/mol. The number of carbonyl (C=O) groups is 3. The number of nitrogens with one attached hydrogen (secondary N) is 1. The van der Waals surface area contributed by atoms with Gasteiger partial charge >= 0.3 is 4.87 Å². The molecule has 3 heterocycles. The number of non-ortho nitro benzene ring substituents is 1. The molecular formula is C29H21ClN4O7S2. The highest BCUT2D eigenvalue weighted by atomic mass is 35.5. The third-order valence-corrected chi connectivity index (χ3v) is 10.1. The Labute approximate surface area is 257 Å². The van der Waals surface area contributed by atoms with Crippen molar-refractivity contribution in [1.29, 1.82) is 0 Å². The number of aromatic nitrogens is 1. The van der Waals surface area contributed by atoms with Crippen LogP contribution in [0.2, 0.25) is 5.02 Å². The number of ether oxygens (including phenoxy) is 1. The van der Waals surface area contributed by atoms with Crippen LogP contribution in [0.4, 0.5) is 17.1 Å². The smallest absolute Gasteiger partial charge is 0.308 e. The van der Waals surface area contributed by atoms with Crippen molar-refractivity contribution in [3.8, 4) is 5.75 Å². The molecule has 6 rings (SSSR count). The number of imide groups is 1. The lowest BCUT2D eigenvalue weighted by molar-refractivity contribution is -0.384. The van der Waals surface area contributed by atoms with Crippen LogP contribution in [0.3, 0.4) is 0 Å². The first-order valence-electron chi connectivity index (χ1n) is 12.9. The second-order valence-electron chi connectivity index (χ2n) is 9.75. The fourth-order valence-corrected chi connectivity index (χ4v) is 8.26. The van der Waals surface area contributed by atoms with Gasteiger partial charge in [0.25, 0.3) is 5.69 Å². The summed E-state index contributed by atoms with van der Waals surface area (Å²) in [4.78, 5) is 66.0. The second-order valence-corrected chi connectivity index (χ2v) is 12.3. The summed E-state index contributed by atoms with van der Waals surface area (Å²) in [5, 5.41) is 13.9. The van der Waals surface area contributed by atoms with Gasteiger partial charge in [-0.1, -0.05) is 52.9 Å². The van der Waals surface area contributed by atoms with Crippen molar-refractivity contribution in [3.05, 3.63) is 108 Å². The van der Waals surface area contributed by atoms with Gasteiger partial charge in [0, 0.05) is 39.2 Å². The Bertz CT molecular complexity index is 1840. The molecule has 43 heavy (non-hydrogen) atoms. The van der Waals surface area contributed by atoms with Crippen LogP contribution in [-0.4, -0.2) is 39.6 Å². The second kappa shape index (κ2) is 11.3. The van der Waals surface area contributed by atoms with Crippen molar-refractivity contribution >= 4 is 69.5 Å². The Morgan fingerprint density at radius 2 is 1.72 bits per heavy atom. The monoisotopic (exact) mass is 636 g/mol. The highest BCUT2D eigenvalue weighted by Crippen LogP contribution is 2.55. The molecule has 0 saturated carbocycles. The van der Waals surface area contributed by atoms with Crippen LogP contribution in [-0.2, 0) is 20.9 Å². The number of fused-ring (bicyclic) bond motifs is 2. The fraction of sp³-hybridized carbons (Fsp3) is 0.172. The van der Waals surface area contributed by atoms with Gasteiger partial charge in [-0.3, -0.25) is 33.9 Å². The number of carbonyl (C=O) groups excluding carboxylic acids is 3. The van der Waals surface area contributed by atoms with Gasteiger partial charge in [0.2, 0.25) is 17.7 Å². The van der Waals surface area contributed by atoms with E-state index in [4.69, 9.17) is 16.3 Å². The van der Waals surface area contributed by atoms with E-state index in [1.165, 1.54) is 35.9 Å². The molecule has 1 saturated heterocycles. The maximum absolute atomic E-state index is 14.0. The molecule has 0 bridgehead atoms. The molecule has 3 atom stereocenters. The Balaban J connectivity index is 1.42. The fourth-order valence-electron chi connectivity index (χ4n) is 5.37.